The van der Waals surface area contributed by atoms with Gasteiger partial charge in [0.15, 0.2) is 0 Å². The molecule has 0 atom stereocenters. The summed E-state index contributed by atoms with van der Waals surface area (Å²) in [6.45, 7) is 1.96. The van der Waals surface area contributed by atoms with Crippen LogP contribution in [0.4, 0.5) is 20.8 Å². The fourth-order valence-corrected chi connectivity index (χ4v) is 3.05. The number of benzene rings is 1. The minimum atomic E-state index is -0.303. The van der Waals surface area contributed by atoms with Gasteiger partial charge in [-0.25, -0.2) is 9.38 Å². The Labute approximate surface area is 126 Å². The van der Waals surface area contributed by atoms with E-state index in [2.05, 4.69) is 10.3 Å². The molecule has 0 saturated heterocycles. The number of halogens is 1. The third kappa shape index (κ3) is 2.73. The molecule has 1 aromatic heterocycles. The van der Waals surface area contributed by atoms with Crippen molar-refractivity contribution in [1.29, 1.82) is 0 Å². The molecule has 5 heteroatoms. The smallest absolute Gasteiger partial charge is 0.134 e. The first-order chi connectivity index (χ1) is 10.2. The topological polar surface area (TPSA) is 50.4 Å². The molecule has 0 saturated carbocycles. The first-order valence-electron chi connectivity index (χ1n) is 6.51. The maximum Gasteiger partial charge on any atom is 0.134 e. The van der Waals surface area contributed by atoms with Crippen molar-refractivity contribution in [3.05, 3.63) is 58.8 Å². The van der Waals surface area contributed by atoms with Crippen LogP contribution in [0, 0.1) is 5.82 Å². The maximum atomic E-state index is 13.4. The average molecular weight is 299 g/mol. The summed E-state index contributed by atoms with van der Waals surface area (Å²) in [5.41, 5.74) is 8.17. The molecule has 0 aliphatic carbocycles. The van der Waals surface area contributed by atoms with Gasteiger partial charge in [0, 0.05) is 4.88 Å². The van der Waals surface area contributed by atoms with E-state index in [9.17, 15) is 4.39 Å². The Hall–Kier alpha value is -2.40. The Morgan fingerprint density at radius 2 is 2.14 bits per heavy atom. The number of rotatable bonds is 2. The van der Waals surface area contributed by atoms with Crippen molar-refractivity contribution in [2.75, 3.05) is 5.32 Å². The summed E-state index contributed by atoms with van der Waals surface area (Å²) in [4.78, 5) is 5.42. The number of thiophene rings is 1. The van der Waals surface area contributed by atoms with E-state index < -0.39 is 0 Å². The van der Waals surface area contributed by atoms with Gasteiger partial charge in [-0.05, 0) is 37.3 Å². The summed E-state index contributed by atoms with van der Waals surface area (Å²) in [7, 11) is 0. The largest absolute Gasteiger partial charge is 0.383 e. The lowest BCUT2D eigenvalue weighted by atomic mass is 10.2. The predicted octanol–water partition coefficient (Wildman–Crippen LogP) is 4.57. The van der Waals surface area contributed by atoms with Crippen LogP contribution < -0.4 is 11.1 Å². The summed E-state index contributed by atoms with van der Waals surface area (Å²) in [5.74, 6) is 0.132. The van der Waals surface area contributed by atoms with Gasteiger partial charge < -0.3 is 11.1 Å². The summed E-state index contributed by atoms with van der Waals surface area (Å²) < 4.78 is 13.4. The molecular formula is C16H14FN3S. The highest BCUT2D eigenvalue weighted by atomic mass is 32.1. The van der Waals surface area contributed by atoms with Crippen molar-refractivity contribution in [2.24, 2.45) is 10.7 Å². The van der Waals surface area contributed by atoms with Crippen LogP contribution in [0.2, 0.25) is 0 Å². The molecule has 1 aliphatic heterocycles. The second-order valence-electron chi connectivity index (χ2n) is 4.56. The first-order valence-corrected chi connectivity index (χ1v) is 7.33. The van der Waals surface area contributed by atoms with E-state index in [0.717, 1.165) is 15.4 Å². The minimum absolute atomic E-state index is 0.303. The number of nitrogens with zero attached hydrogens (tertiary/aromatic N) is 1. The molecule has 1 aromatic carbocycles. The van der Waals surface area contributed by atoms with Crippen molar-refractivity contribution < 1.29 is 4.39 Å². The van der Waals surface area contributed by atoms with Gasteiger partial charge in [-0.15, -0.1) is 11.3 Å². The van der Waals surface area contributed by atoms with Crippen LogP contribution in [-0.4, -0.2) is 5.84 Å². The third-order valence-electron chi connectivity index (χ3n) is 3.04. The van der Waals surface area contributed by atoms with Gasteiger partial charge >= 0.3 is 0 Å². The van der Waals surface area contributed by atoms with E-state index in [1.807, 2.05) is 37.3 Å². The van der Waals surface area contributed by atoms with E-state index >= 15 is 0 Å². The Bertz CT molecular complexity index is 772. The van der Waals surface area contributed by atoms with Crippen molar-refractivity contribution >= 4 is 39.6 Å². The van der Waals surface area contributed by atoms with E-state index in [1.165, 1.54) is 12.1 Å². The van der Waals surface area contributed by atoms with E-state index in [1.54, 1.807) is 17.4 Å². The monoisotopic (exact) mass is 299 g/mol. The molecule has 0 amide bonds. The van der Waals surface area contributed by atoms with Gasteiger partial charge in [0.1, 0.15) is 16.7 Å². The molecule has 0 spiro atoms. The summed E-state index contributed by atoms with van der Waals surface area (Å²) in [6, 6.07) is 6.40. The van der Waals surface area contributed by atoms with Crippen LogP contribution in [0.3, 0.4) is 0 Å². The van der Waals surface area contributed by atoms with Crippen LogP contribution in [0.1, 0.15) is 17.4 Å². The number of aliphatic imine (C=N–C) groups is 1. The van der Waals surface area contributed by atoms with Crippen LogP contribution in [-0.2, 0) is 0 Å². The molecule has 3 N–H and O–H groups in total. The van der Waals surface area contributed by atoms with Crippen LogP contribution in [0.15, 0.2) is 47.5 Å². The van der Waals surface area contributed by atoms with Crippen molar-refractivity contribution in [3.63, 3.8) is 0 Å². The number of fused-ring (bicyclic) bond motifs is 2. The molecule has 21 heavy (non-hydrogen) atoms. The van der Waals surface area contributed by atoms with E-state index in [4.69, 9.17) is 5.73 Å². The van der Waals surface area contributed by atoms with E-state index in [-0.39, 0.29) is 5.82 Å². The first kappa shape index (κ1) is 13.6. The number of anilines is 2. The number of allylic oxidation sites excluding steroid dienone is 3. The number of hydrogen-bond donors (Lipinski definition) is 2. The van der Waals surface area contributed by atoms with Crippen LogP contribution in [0.5, 0.6) is 0 Å². The zero-order valence-electron chi connectivity index (χ0n) is 11.4. The Kier molecular flexibility index (Phi) is 3.58. The second-order valence-corrected chi connectivity index (χ2v) is 5.64. The molecule has 0 radical (unpaired) electrons. The van der Waals surface area contributed by atoms with Gasteiger partial charge in [0.25, 0.3) is 0 Å². The van der Waals surface area contributed by atoms with E-state index in [0.29, 0.717) is 17.2 Å². The molecule has 0 fully saturated rings. The third-order valence-corrected chi connectivity index (χ3v) is 4.05. The molecule has 1 aliphatic rings. The lowest BCUT2D eigenvalue weighted by Crippen LogP contribution is -2.11. The highest BCUT2D eigenvalue weighted by Gasteiger charge is 2.17. The van der Waals surface area contributed by atoms with Crippen LogP contribution in [0.25, 0.3) is 6.08 Å². The maximum absolute atomic E-state index is 13.4. The lowest BCUT2D eigenvalue weighted by Gasteiger charge is -2.05. The van der Waals surface area contributed by atoms with Crippen molar-refractivity contribution in [2.45, 2.75) is 6.92 Å². The predicted molar refractivity (Wildman–Crippen MR) is 88.2 cm³/mol. The molecule has 0 unspecified atom stereocenters. The zero-order valence-corrected chi connectivity index (χ0v) is 12.2. The quantitative estimate of drug-likeness (QED) is 0.798. The van der Waals surface area contributed by atoms with Crippen molar-refractivity contribution in [3.8, 4) is 0 Å². The number of hydrogen-bond acceptors (Lipinski definition) is 4. The highest BCUT2D eigenvalue weighted by molar-refractivity contribution is 7.17. The van der Waals surface area contributed by atoms with Gasteiger partial charge in [0.05, 0.1) is 16.9 Å². The van der Waals surface area contributed by atoms with Crippen molar-refractivity contribution in [1.82, 2.24) is 0 Å². The van der Waals surface area contributed by atoms with Gasteiger partial charge in [-0.3, -0.25) is 0 Å². The zero-order chi connectivity index (χ0) is 14.8. The molecular weight excluding hydrogens is 285 g/mol. The lowest BCUT2D eigenvalue weighted by molar-refractivity contribution is 0.628. The highest BCUT2D eigenvalue weighted by Crippen LogP contribution is 2.38. The van der Waals surface area contributed by atoms with Gasteiger partial charge in [-0.1, -0.05) is 18.2 Å². The fourth-order valence-electron chi connectivity index (χ4n) is 2.06. The van der Waals surface area contributed by atoms with Gasteiger partial charge in [0.2, 0.25) is 0 Å². The molecule has 2 heterocycles. The average Bonchev–Trinajstić information content (AvgIpc) is 2.80. The minimum Gasteiger partial charge on any atom is -0.383 e. The Morgan fingerprint density at radius 3 is 2.95 bits per heavy atom. The Balaban J connectivity index is 2.04. The van der Waals surface area contributed by atoms with Crippen LogP contribution >= 0.6 is 11.3 Å². The number of nitrogens with two attached hydrogens (primary N) is 1. The summed E-state index contributed by atoms with van der Waals surface area (Å²) in [5, 5.41) is 4.09. The normalized spacial score (nSPS) is 13.7. The fraction of sp³-hybridized carbons (Fsp3) is 0.0625. The molecule has 106 valence electrons. The molecule has 3 nitrogen and oxygen atoms in total. The molecule has 0 bridgehead atoms. The molecule has 2 aromatic rings. The summed E-state index contributed by atoms with van der Waals surface area (Å²) in [6.07, 6.45) is 7.88. The molecule has 3 rings (SSSR count). The summed E-state index contributed by atoms with van der Waals surface area (Å²) >= 11 is 1.56. The number of amidine groups is 1. The second kappa shape index (κ2) is 5.54. The standard InChI is InChI=1S/C16H14FN3S/c1-2-3-4-5-11-9-12-15(18)19-13-7-6-10(17)8-14(13)20-16(12)21-11/h2-9,20H,1H3,(H2,18,19)/b3-2-,5-4-. The Morgan fingerprint density at radius 1 is 1.29 bits per heavy atom. The van der Waals surface area contributed by atoms with Gasteiger partial charge in [-0.2, -0.15) is 0 Å². The SMILES string of the molecule is C/C=C\C=C/c1cc2c(s1)Nc1cc(F)ccc1N=C2N. The number of nitrogens with one attached hydrogen (secondary N) is 1.